The number of carbonyl (C=O) groups excluding carboxylic acids is 1. The summed E-state index contributed by atoms with van der Waals surface area (Å²) < 4.78 is 0. The van der Waals surface area contributed by atoms with Crippen LogP contribution in [0.4, 0.5) is 0 Å². The summed E-state index contributed by atoms with van der Waals surface area (Å²) in [4.78, 5) is 18.9. The van der Waals surface area contributed by atoms with E-state index in [-0.39, 0.29) is 11.3 Å². The summed E-state index contributed by atoms with van der Waals surface area (Å²) in [7, 11) is 0. The first-order chi connectivity index (χ1) is 10.1. The Morgan fingerprint density at radius 3 is 2.71 bits per heavy atom. The lowest BCUT2D eigenvalue weighted by Crippen LogP contribution is -2.30. The highest BCUT2D eigenvalue weighted by Crippen LogP contribution is 2.52. The van der Waals surface area contributed by atoms with Gasteiger partial charge in [-0.15, -0.1) is 0 Å². The largest absolute Gasteiger partial charge is 0.341 e. The van der Waals surface area contributed by atoms with Crippen molar-refractivity contribution in [2.75, 3.05) is 13.1 Å². The molecule has 1 spiro atoms. The number of nitrogens with one attached hydrogen (secondary N) is 1. The van der Waals surface area contributed by atoms with Crippen LogP contribution in [0.1, 0.15) is 76.4 Å². The first-order valence-corrected chi connectivity index (χ1v) is 8.25. The number of nitrogens with zero attached hydrogens (tertiary/aromatic N) is 3. The van der Waals surface area contributed by atoms with Crippen LogP contribution in [0.5, 0.6) is 0 Å². The van der Waals surface area contributed by atoms with Crippen LogP contribution in [0.3, 0.4) is 0 Å². The summed E-state index contributed by atoms with van der Waals surface area (Å²) in [5.41, 5.74) is 0.235. The summed E-state index contributed by atoms with van der Waals surface area (Å²) in [5, 5.41) is 7.52. The van der Waals surface area contributed by atoms with Crippen LogP contribution >= 0.6 is 0 Å². The Bertz CT molecular complexity index is 516. The fourth-order valence-electron chi connectivity index (χ4n) is 4.05. The molecule has 2 aliphatic rings. The van der Waals surface area contributed by atoms with Gasteiger partial charge in [0, 0.05) is 31.3 Å². The molecule has 5 heteroatoms. The van der Waals surface area contributed by atoms with Crippen LogP contribution in [0, 0.1) is 5.41 Å². The molecular formula is C16H26N4O. The van der Waals surface area contributed by atoms with E-state index in [2.05, 4.69) is 24.0 Å². The third kappa shape index (κ3) is 2.47. The Morgan fingerprint density at radius 2 is 2.14 bits per heavy atom. The zero-order valence-corrected chi connectivity index (χ0v) is 13.4. The van der Waals surface area contributed by atoms with Gasteiger partial charge in [0.05, 0.1) is 0 Å². The lowest BCUT2D eigenvalue weighted by Gasteiger charge is -2.28. The number of rotatable bonds is 3. The number of H-pyrrole nitrogens is 1. The molecule has 1 atom stereocenters. The summed E-state index contributed by atoms with van der Waals surface area (Å²) in [6, 6.07) is 0. The number of aromatic amines is 1. The van der Waals surface area contributed by atoms with Crippen molar-refractivity contribution < 1.29 is 4.79 Å². The number of aromatic nitrogens is 3. The second-order valence-corrected chi connectivity index (χ2v) is 6.98. The minimum atomic E-state index is 0.235. The van der Waals surface area contributed by atoms with Crippen molar-refractivity contribution in [3.05, 3.63) is 11.6 Å². The lowest BCUT2D eigenvalue weighted by atomic mass is 9.76. The third-order valence-corrected chi connectivity index (χ3v) is 5.27. The molecule has 116 valence electrons. The Hall–Kier alpha value is -1.39. The van der Waals surface area contributed by atoms with E-state index in [0.29, 0.717) is 18.3 Å². The lowest BCUT2D eigenvalue weighted by molar-refractivity contribution is -0.130. The zero-order chi connectivity index (χ0) is 15.0. The van der Waals surface area contributed by atoms with Gasteiger partial charge in [-0.3, -0.25) is 9.89 Å². The molecule has 1 unspecified atom stereocenters. The monoisotopic (exact) mass is 290 g/mol. The van der Waals surface area contributed by atoms with Crippen molar-refractivity contribution in [2.45, 2.75) is 64.7 Å². The van der Waals surface area contributed by atoms with Gasteiger partial charge in [0.2, 0.25) is 5.91 Å². The number of amides is 1. The Kier molecular flexibility index (Phi) is 3.76. The fourth-order valence-corrected chi connectivity index (χ4v) is 4.05. The highest BCUT2D eigenvalue weighted by atomic mass is 16.2. The van der Waals surface area contributed by atoms with Gasteiger partial charge in [-0.05, 0) is 18.3 Å². The first kappa shape index (κ1) is 14.5. The molecule has 0 bridgehead atoms. The molecule has 5 nitrogen and oxygen atoms in total. The molecule has 1 saturated heterocycles. The van der Waals surface area contributed by atoms with Gasteiger partial charge in [-0.2, -0.15) is 5.10 Å². The van der Waals surface area contributed by atoms with Crippen LogP contribution in [0.15, 0.2) is 0 Å². The predicted molar refractivity (Wildman–Crippen MR) is 81.0 cm³/mol. The first-order valence-electron chi connectivity index (χ1n) is 8.25. The fraction of sp³-hybridized carbons (Fsp3) is 0.812. The maximum absolute atomic E-state index is 12.1. The van der Waals surface area contributed by atoms with Gasteiger partial charge in [-0.1, -0.05) is 33.6 Å². The quantitative estimate of drug-likeness (QED) is 0.931. The van der Waals surface area contributed by atoms with E-state index < -0.39 is 0 Å². The number of carbonyl (C=O) groups is 1. The molecule has 1 aromatic heterocycles. The van der Waals surface area contributed by atoms with E-state index in [1.807, 2.05) is 11.8 Å². The van der Waals surface area contributed by atoms with Crippen molar-refractivity contribution in [3.63, 3.8) is 0 Å². The van der Waals surface area contributed by atoms with Crippen LogP contribution in [-0.4, -0.2) is 39.1 Å². The molecule has 0 aromatic carbocycles. The second-order valence-electron chi connectivity index (χ2n) is 6.98. The van der Waals surface area contributed by atoms with Crippen molar-refractivity contribution >= 4 is 5.91 Å². The highest BCUT2D eigenvalue weighted by Gasteiger charge is 2.50. The Balaban J connectivity index is 1.88. The van der Waals surface area contributed by atoms with Gasteiger partial charge in [-0.25, -0.2) is 4.98 Å². The normalized spacial score (nSPS) is 24.4. The molecule has 3 rings (SSSR count). The van der Waals surface area contributed by atoms with Gasteiger partial charge in [0.1, 0.15) is 5.82 Å². The maximum atomic E-state index is 12.1. The smallest absolute Gasteiger partial charge is 0.222 e. The molecule has 2 fully saturated rings. The molecule has 1 aliphatic carbocycles. The minimum absolute atomic E-state index is 0.235. The van der Waals surface area contributed by atoms with Crippen LogP contribution in [0.25, 0.3) is 0 Å². The SMILES string of the molecule is CCC(=O)N1CC(c2nc(C(C)C)n[nH]2)C2(CCCC2)C1. The molecular weight excluding hydrogens is 264 g/mol. The van der Waals surface area contributed by atoms with Crippen molar-refractivity contribution in [1.82, 2.24) is 20.1 Å². The van der Waals surface area contributed by atoms with Crippen molar-refractivity contribution in [3.8, 4) is 0 Å². The molecule has 0 radical (unpaired) electrons. The van der Waals surface area contributed by atoms with Gasteiger partial charge < -0.3 is 4.90 Å². The molecule has 1 aromatic rings. The van der Waals surface area contributed by atoms with Gasteiger partial charge in [0.15, 0.2) is 5.82 Å². The topological polar surface area (TPSA) is 61.9 Å². The van der Waals surface area contributed by atoms with Crippen LogP contribution in [0.2, 0.25) is 0 Å². The Labute approximate surface area is 126 Å². The summed E-state index contributed by atoms with van der Waals surface area (Å²) in [6.07, 6.45) is 5.56. The predicted octanol–water partition coefficient (Wildman–Crippen LogP) is 2.82. The van der Waals surface area contributed by atoms with Crippen molar-refractivity contribution in [2.24, 2.45) is 5.41 Å². The van der Waals surface area contributed by atoms with Gasteiger partial charge >= 0.3 is 0 Å². The highest BCUT2D eigenvalue weighted by molar-refractivity contribution is 5.76. The molecule has 1 N–H and O–H groups in total. The molecule has 2 heterocycles. The standard InChI is InChI=1S/C16H26N4O/c1-4-13(21)20-9-12(16(10-20)7-5-6-8-16)15-17-14(11(2)3)18-19-15/h11-12H,4-10H2,1-3H3,(H,17,18,19). The van der Waals surface area contributed by atoms with E-state index in [1.54, 1.807) is 0 Å². The number of likely N-dealkylation sites (tertiary alicyclic amines) is 1. The number of hydrogen-bond acceptors (Lipinski definition) is 3. The zero-order valence-electron chi connectivity index (χ0n) is 13.4. The summed E-state index contributed by atoms with van der Waals surface area (Å²) in [5.74, 6) is 2.82. The van der Waals surface area contributed by atoms with E-state index in [0.717, 1.165) is 24.7 Å². The summed E-state index contributed by atoms with van der Waals surface area (Å²) in [6.45, 7) is 7.88. The Morgan fingerprint density at radius 1 is 1.43 bits per heavy atom. The van der Waals surface area contributed by atoms with Crippen LogP contribution in [-0.2, 0) is 4.79 Å². The van der Waals surface area contributed by atoms with E-state index >= 15 is 0 Å². The average molecular weight is 290 g/mol. The summed E-state index contributed by atoms with van der Waals surface area (Å²) >= 11 is 0. The number of hydrogen-bond donors (Lipinski definition) is 1. The molecule has 1 aliphatic heterocycles. The van der Waals surface area contributed by atoms with E-state index in [4.69, 9.17) is 4.98 Å². The second kappa shape index (κ2) is 5.43. The van der Waals surface area contributed by atoms with E-state index in [9.17, 15) is 4.79 Å². The third-order valence-electron chi connectivity index (χ3n) is 5.27. The molecule has 1 saturated carbocycles. The van der Waals surface area contributed by atoms with Gasteiger partial charge in [0.25, 0.3) is 0 Å². The molecule has 1 amide bonds. The van der Waals surface area contributed by atoms with E-state index in [1.165, 1.54) is 25.7 Å². The minimum Gasteiger partial charge on any atom is -0.341 e. The van der Waals surface area contributed by atoms with Crippen molar-refractivity contribution in [1.29, 1.82) is 0 Å². The van der Waals surface area contributed by atoms with Crippen LogP contribution < -0.4 is 0 Å². The average Bonchev–Trinajstić information content (AvgIpc) is 3.18. The molecule has 21 heavy (non-hydrogen) atoms. The maximum Gasteiger partial charge on any atom is 0.222 e.